The number of anilines is 1. The Morgan fingerprint density at radius 1 is 1.04 bits per heavy atom. The predicted molar refractivity (Wildman–Crippen MR) is 97.9 cm³/mol. The number of pyridine rings is 1. The summed E-state index contributed by atoms with van der Waals surface area (Å²) in [6.07, 6.45) is 3.12. The van der Waals surface area contributed by atoms with E-state index in [1.54, 1.807) is 6.07 Å². The Hall–Kier alpha value is -3.22. The molecule has 3 aromatic rings. The van der Waals surface area contributed by atoms with Crippen LogP contribution in [-0.2, 0) is 0 Å². The Morgan fingerprint density at radius 3 is 2.33 bits per heavy atom. The minimum atomic E-state index is -1.40. The molecule has 0 bridgehead atoms. The van der Waals surface area contributed by atoms with Crippen molar-refractivity contribution in [3.05, 3.63) is 70.0 Å². The molecule has 0 saturated carbocycles. The van der Waals surface area contributed by atoms with Crippen molar-refractivity contribution in [3.63, 3.8) is 0 Å². The molecule has 1 saturated heterocycles. The van der Waals surface area contributed by atoms with Crippen LogP contribution in [-0.4, -0.2) is 28.7 Å². The summed E-state index contributed by atoms with van der Waals surface area (Å²) in [6, 6.07) is 8.09. The Morgan fingerprint density at radius 2 is 1.70 bits per heavy atom. The van der Waals surface area contributed by atoms with Crippen molar-refractivity contribution in [3.8, 4) is 5.69 Å². The fourth-order valence-corrected chi connectivity index (χ4v) is 3.50. The fraction of sp³-hybridized carbons (Fsp3) is 0.200. The second-order valence-electron chi connectivity index (χ2n) is 6.54. The van der Waals surface area contributed by atoms with E-state index in [2.05, 4.69) is 0 Å². The molecule has 0 atom stereocenters. The van der Waals surface area contributed by atoms with Gasteiger partial charge in [0.1, 0.15) is 17.2 Å². The third-order valence-electron chi connectivity index (χ3n) is 4.85. The van der Waals surface area contributed by atoms with Crippen LogP contribution in [0.2, 0.25) is 0 Å². The number of carboxylic acids is 1. The average Bonchev–Trinajstić information content (AvgIpc) is 3.17. The van der Waals surface area contributed by atoms with Crippen LogP contribution in [0.1, 0.15) is 23.2 Å². The maximum Gasteiger partial charge on any atom is 0.341 e. The fourth-order valence-electron chi connectivity index (χ4n) is 3.50. The normalized spacial score (nSPS) is 14.1. The molecule has 0 amide bonds. The smallest absolute Gasteiger partial charge is 0.341 e. The number of benzene rings is 2. The molecule has 4 rings (SSSR count). The summed E-state index contributed by atoms with van der Waals surface area (Å²) in [5.74, 6) is -2.40. The summed E-state index contributed by atoms with van der Waals surface area (Å²) >= 11 is 0. The molecule has 0 radical (unpaired) electrons. The third-order valence-corrected chi connectivity index (χ3v) is 4.85. The molecule has 1 aliphatic heterocycles. The molecule has 1 N–H and O–H groups in total. The molecule has 7 heteroatoms. The summed E-state index contributed by atoms with van der Waals surface area (Å²) in [5, 5.41) is 9.33. The molecule has 0 unspecified atom stereocenters. The molecule has 27 heavy (non-hydrogen) atoms. The lowest BCUT2D eigenvalue weighted by Crippen LogP contribution is -2.22. The number of rotatable bonds is 3. The quantitative estimate of drug-likeness (QED) is 0.766. The van der Waals surface area contributed by atoms with Crippen molar-refractivity contribution < 1.29 is 18.7 Å². The van der Waals surface area contributed by atoms with Gasteiger partial charge >= 0.3 is 5.97 Å². The molecule has 5 nitrogen and oxygen atoms in total. The van der Waals surface area contributed by atoms with Crippen molar-refractivity contribution in [2.24, 2.45) is 0 Å². The van der Waals surface area contributed by atoms with E-state index in [4.69, 9.17) is 0 Å². The summed E-state index contributed by atoms with van der Waals surface area (Å²) < 4.78 is 29.5. The maximum absolute atomic E-state index is 14.7. The number of fused-ring (bicyclic) bond motifs is 1. The Balaban J connectivity index is 2.05. The van der Waals surface area contributed by atoms with E-state index in [0.717, 1.165) is 32.0 Å². The maximum atomic E-state index is 14.7. The summed E-state index contributed by atoms with van der Waals surface area (Å²) in [7, 11) is 0. The van der Waals surface area contributed by atoms with Gasteiger partial charge in [0.05, 0.1) is 11.2 Å². The van der Waals surface area contributed by atoms with Gasteiger partial charge in [0.25, 0.3) is 0 Å². The first-order valence-corrected chi connectivity index (χ1v) is 8.59. The average molecular weight is 370 g/mol. The van der Waals surface area contributed by atoms with Crippen molar-refractivity contribution >= 4 is 22.6 Å². The largest absolute Gasteiger partial charge is 0.477 e. The predicted octanol–water partition coefficient (Wildman–Crippen LogP) is 3.57. The van der Waals surface area contributed by atoms with E-state index >= 15 is 0 Å². The van der Waals surface area contributed by atoms with Gasteiger partial charge in [0.15, 0.2) is 0 Å². The summed E-state index contributed by atoms with van der Waals surface area (Å²) in [5.41, 5.74) is 0.00371. The third kappa shape index (κ3) is 2.95. The van der Waals surface area contributed by atoms with Crippen LogP contribution < -0.4 is 10.3 Å². The summed E-state index contributed by atoms with van der Waals surface area (Å²) in [6.45, 7) is 1.44. The number of nitrogens with zero attached hydrogens (tertiary/aromatic N) is 2. The van der Waals surface area contributed by atoms with Crippen LogP contribution in [0.4, 0.5) is 14.5 Å². The molecule has 138 valence electrons. The second-order valence-corrected chi connectivity index (χ2v) is 6.54. The second kappa shape index (κ2) is 6.50. The van der Waals surface area contributed by atoms with Gasteiger partial charge < -0.3 is 14.6 Å². The molecule has 0 spiro atoms. The molecule has 1 aliphatic rings. The first-order valence-electron chi connectivity index (χ1n) is 8.59. The Bertz CT molecular complexity index is 1100. The first kappa shape index (κ1) is 17.2. The van der Waals surface area contributed by atoms with Crippen LogP contribution >= 0.6 is 0 Å². The van der Waals surface area contributed by atoms with Crippen molar-refractivity contribution in [2.75, 3.05) is 18.0 Å². The van der Waals surface area contributed by atoms with Gasteiger partial charge in [0.2, 0.25) is 5.43 Å². The first-order chi connectivity index (χ1) is 13.0. The molecule has 2 aromatic carbocycles. The summed E-state index contributed by atoms with van der Waals surface area (Å²) in [4.78, 5) is 25.9. The zero-order valence-corrected chi connectivity index (χ0v) is 14.3. The number of carboxylic acid groups (broad SMARTS) is 1. The number of carbonyl (C=O) groups is 1. The topological polar surface area (TPSA) is 62.5 Å². The zero-order chi connectivity index (χ0) is 19.1. The van der Waals surface area contributed by atoms with E-state index in [-0.39, 0.29) is 5.39 Å². The lowest BCUT2D eigenvalue weighted by atomic mass is 10.1. The van der Waals surface area contributed by atoms with Gasteiger partial charge in [0, 0.05) is 30.4 Å². The number of hydrogen-bond donors (Lipinski definition) is 1. The van der Waals surface area contributed by atoms with Crippen LogP contribution in [0.25, 0.3) is 16.6 Å². The van der Waals surface area contributed by atoms with Gasteiger partial charge in [-0.3, -0.25) is 4.79 Å². The van der Waals surface area contributed by atoms with Gasteiger partial charge in [-0.15, -0.1) is 0 Å². The molecular weight excluding hydrogens is 354 g/mol. The highest BCUT2D eigenvalue weighted by Crippen LogP contribution is 2.29. The van der Waals surface area contributed by atoms with Crippen LogP contribution in [0.5, 0.6) is 0 Å². The van der Waals surface area contributed by atoms with Gasteiger partial charge in [-0.2, -0.15) is 0 Å². The molecule has 2 heterocycles. The minimum absolute atomic E-state index is 0.0281. The highest BCUT2D eigenvalue weighted by Gasteiger charge is 2.21. The van der Waals surface area contributed by atoms with E-state index in [0.29, 0.717) is 16.9 Å². The van der Waals surface area contributed by atoms with E-state index in [1.807, 2.05) is 4.90 Å². The Kier molecular flexibility index (Phi) is 4.14. The highest BCUT2D eigenvalue weighted by molar-refractivity contribution is 5.94. The Labute approximate surface area is 153 Å². The zero-order valence-electron chi connectivity index (χ0n) is 14.3. The number of hydrogen-bond acceptors (Lipinski definition) is 3. The lowest BCUT2D eigenvalue weighted by molar-refractivity contribution is 0.0695. The van der Waals surface area contributed by atoms with E-state index < -0.39 is 28.6 Å². The number of halogens is 2. The van der Waals surface area contributed by atoms with Crippen molar-refractivity contribution in [1.29, 1.82) is 0 Å². The van der Waals surface area contributed by atoms with Crippen molar-refractivity contribution in [2.45, 2.75) is 12.8 Å². The number of aromatic nitrogens is 1. The molecular formula is C20H16F2N2O3. The standard InChI is InChI=1S/C20H16F2N2O3/c21-12-3-5-13(6-4-12)24-11-15(20(26)27)19(25)14-9-16(22)18(10-17(14)24)23-7-1-2-8-23/h3-6,9-11H,1-2,7-8H2,(H,26,27). The number of aromatic carboxylic acids is 1. The molecule has 0 aliphatic carbocycles. The van der Waals surface area contributed by atoms with Crippen LogP contribution in [0, 0.1) is 11.6 Å². The van der Waals surface area contributed by atoms with Gasteiger partial charge in [-0.1, -0.05) is 0 Å². The molecule has 1 fully saturated rings. The molecule has 1 aromatic heterocycles. The van der Waals surface area contributed by atoms with Crippen LogP contribution in [0.15, 0.2) is 47.4 Å². The lowest BCUT2D eigenvalue weighted by Gasteiger charge is -2.20. The van der Waals surface area contributed by atoms with E-state index in [1.165, 1.54) is 35.0 Å². The SMILES string of the molecule is O=C(O)c1cn(-c2ccc(F)cc2)c2cc(N3CCCC3)c(F)cc2c1=O. The van der Waals surface area contributed by atoms with Crippen LogP contribution in [0.3, 0.4) is 0 Å². The highest BCUT2D eigenvalue weighted by atomic mass is 19.1. The van der Waals surface area contributed by atoms with Crippen molar-refractivity contribution in [1.82, 2.24) is 4.57 Å². The monoisotopic (exact) mass is 370 g/mol. The van der Waals surface area contributed by atoms with Gasteiger partial charge in [-0.25, -0.2) is 13.6 Å². The van der Waals surface area contributed by atoms with E-state index in [9.17, 15) is 23.5 Å². The minimum Gasteiger partial charge on any atom is -0.477 e. The van der Waals surface area contributed by atoms with Gasteiger partial charge in [-0.05, 0) is 49.2 Å².